The quantitative estimate of drug-likeness (QED) is 0.688. The number of anilines is 2. The number of pyridine rings is 1. The van der Waals surface area contributed by atoms with Gasteiger partial charge in [-0.05, 0) is 25.0 Å². The summed E-state index contributed by atoms with van der Waals surface area (Å²) in [7, 11) is 0. The molecule has 4 N–H and O–H groups in total. The second-order valence-corrected chi connectivity index (χ2v) is 4.16. The first-order valence-electron chi connectivity index (χ1n) is 5.72. The molecule has 0 aliphatic carbocycles. The van der Waals surface area contributed by atoms with E-state index in [-0.39, 0.29) is 12.0 Å². The third-order valence-electron chi connectivity index (χ3n) is 3.31. The molecule has 0 saturated heterocycles. The molecule has 0 saturated carbocycles. The van der Waals surface area contributed by atoms with Gasteiger partial charge in [0.1, 0.15) is 5.82 Å². The lowest BCUT2D eigenvalue weighted by atomic mass is 9.83. The molecule has 0 aromatic carbocycles. The molecule has 0 amide bonds. The predicted molar refractivity (Wildman–Crippen MR) is 67.2 cm³/mol. The Balaban J connectivity index is 2.66. The number of hydrogen-bond donors (Lipinski definition) is 3. The molecule has 0 radical (unpaired) electrons. The molecule has 0 aliphatic heterocycles. The van der Waals surface area contributed by atoms with Crippen LogP contribution in [0.2, 0.25) is 0 Å². The summed E-state index contributed by atoms with van der Waals surface area (Å²) >= 11 is 0. The van der Waals surface area contributed by atoms with Crippen LogP contribution in [-0.4, -0.2) is 23.2 Å². The zero-order valence-electron chi connectivity index (χ0n) is 10.0. The summed E-state index contributed by atoms with van der Waals surface area (Å²) in [6.07, 6.45) is 3.57. The van der Waals surface area contributed by atoms with Crippen molar-refractivity contribution in [2.24, 2.45) is 5.41 Å². The Morgan fingerprint density at radius 1 is 1.44 bits per heavy atom. The molecule has 1 rings (SSSR count). The Hall–Kier alpha value is -1.29. The zero-order chi connectivity index (χ0) is 12.0. The van der Waals surface area contributed by atoms with E-state index in [1.807, 2.05) is 6.07 Å². The predicted octanol–water partition coefficient (Wildman–Crippen LogP) is 1.87. The molecule has 16 heavy (non-hydrogen) atoms. The maximum absolute atomic E-state index is 9.43. The van der Waals surface area contributed by atoms with Crippen molar-refractivity contribution < 1.29 is 5.11 Å². The fourth-order valence-corrected chi connectivity index (χ4v) is 1.62. The van der Waals surface area contributed by atoms with Crippen molar-refractivity contribution in [1.82, 2.24) is 4.98 Å². The molecular formula is C12H21N3O. The van der Waals surface area contributed by atoms with Gasteiger partial charge in [0.2, 0.25) is 0 Å². The average Bonchev–Trinajstić information content (AvgIpc) is 2.34. The van der Waals surface area contributed by atoms with Crippen molar-refractivity contribution in [3.05, 3.63) is 18.3 Å². The van der Waals surface area contributed by atoms with Crippen molar-refractivity contribution in [1.29, 1.82) is 0 Å². The van der Waals surface area contributed by atoms with Crippen molar-refractivity contribution in [3.8, 4) is 0 Å². The van der Waals surface area contributed by atoms with Crippen LogP contribution in [-0.2, 0) is 0 Å². The molecule has 1 aromatic rings. The lowest BCUT2D eigenvalue weighted by molar-refractivity contribution is 0.127. The normalized spacial score (nSPS) is 11.4. The van der Waals surface area contributed by atoms with E-state index in [0.29, 0.717) is 18.1 Å². The number of aliphatic hydroxyl groups is 1. The second kappa shape index (κ2) is 5.70. The van der Waals surface area contributed by atoms with E-state index in [1.165, 1.54) is 0 Å². The summed E-state index contributed by atoms with van der Waals surface area (Å²) in [5, 5.41) is 12.6. The number of aliphatic hydroxyl groups excluding tert-OH is 1. The van der Waals surface area contributed by atoms with Crippen LogP contribution in [0.5, 0.6) is 0 Å². The van der Waals surface area contributed by atoms with Gasteiger partial charge in [-0.3, -0.25) is 0 Å². The monoisotopic (exact) mass is 223 g/mol. The molecule has 0 fully saturated rings. The number of nitrogens with zero attached hydrogens (tertiary/aromatic N) is 1. The minimum absolute atomic E-state index is 0.0794. The van der Waals surface area contributed by atoms with Crippen LogP contribution in [0, 0.1) is 5.41 Å². The first-order valence-corrected chi connectivity index (χ1v) is 5.72. The molecule has 4 nitrogen and oxygen atoms in total. The Morgan fingerprint density at radius 3 is 2.62 bits per heavy atom. The molecule has 1 aromatic heterocycles. The Labute approximate surface area is 96.9 Å². The van der Waals surface area contributed by atoms with Crippen LogP contribution in [0.25, 0.3) is 0 Å². The molecule has 0 spiro atoms. The van der Waals surface area contributed by atoms with Gasteiger partial charge >= 0.3 is 0 Å². The van der Waals surface area contributed by atoms with Gasteiger partial charge in [0.05, 0.1) is 12.3 Å². The van der Waals surface area contributed by atoms with Crippen molar-refractivity contribution in [2.75, 3.05) is 24.2 Å². The number of hydrogen-bond acceptors (Lipinski definition) is 4. The van der Waals surface area contributed by atoms with Gasteiger partial charge in [0.15, 0.2) is 0 Å². The number of nitrogens with two attached hydrogens (primary N) is 1. The number of nitrogen functional groups attached to an aromatic ring is 1. The van der Waals surface area contributed by atoms with Crippen LogP contribution < -0.4 is 11.1 Å². The Bertz CT molecular complexity index is 316. The minimum atomic E-state index is -0.0794. The highest BCUT2D eigenvalue weighted by Crippen LogP contribution is 2.26. The highest BCUT2D eigenvalue weighted by molar-refractivity contribution is 5.60. The number of aromatic nitrogens is 1. The molecule has 0 atom stereocenters. The highest BCUT2D eigenvalue weighted by atomic mass is 16.3. The van der Waals surface area contributed by atoms with E-state index in [0.717, 1.165) is 12.8 Å². The summed E-state index contributed by atoms with van der Waals surface area (Å²) in [6, 6.07) is 3.62. The molecule has 1 heterocycles. The number of nitrogens with one attached hydrogen (secondary N) is 1. The first-order chi connectivity index (χ1) is 7.67. The standard InChI is InChI=1S/C12H21N3O/c1-3-12(4-2,9-16)8-15-11-10(13)6-5-7-14-11/h5-7,16H,3-4,8-9,13H2,1-2H3,(H,14,15). The van der Waals surface area contributed by atoms with Crippen LogP contribution in [0.4, 0.5) is 11.5 Å². The Kier molecular flexibility index (Phi) is 4.55. The van der Waals surface area contributed by atoms with Gasteiger partial charge in [0.25, 0.3) is 0 Å². The topological polar surface area (TPSA) is 71.2 Å². The second-order valence-electron chi connectivity index (χ2n) is 4.16. The summed E-state index contributed by atoms with van der Waals surface area (Å²) in [5.74, 6) is 0.697. The molecule has 0 aliphatic rings. The van der Waals surface area contributed by atoms with Crippen molar-refractivity contribution >= 4 is 11.5 Å². The smallest absolute Gasteiger partial charge is 0.149 e. The van der Waals surface area contributed by atoms with Gasteiger partial charge in [0, 0.05) is 18.2 Å². The van der Waals surface area contributed by atoms with Crippen LogP contribution in [0.3, 0.4) is 0 Å². The van der Waals surface area contributed by atoms with Gasteiger partial charge in [-0.15, -0.1) is 0 Å². The highest BCUT2D eigenvalue weighted by Gasteiger charge is 2.25. The maximum atomic E-state index is 9.43. The average molecular weight is 223 g/mol. The maximum Gasteiger partial charge on any atom is 0.149 e. The van der Waals surface area contributed by atoms with Crippen molar-refractivity contribution in [2.45, 2.75) is 26.7 Å². The van der Waals surface area contributed by atoms with E-state index in [1.54, 1.807) is 12.3 Å². The summed E-state index contributed by atoms with van der Waals surface area (Å²) in [4.78, 5) is 4.17. The van der Waals surface area contributed by atoms with Gasteiger partial charge in [-0.1, -0.05) is 13.8 Å². The molecule has 0 bridgehead atoms. The third kappa shape index (κ3) is 2.85. The third-order valence-corrected chi connectivity index (χ3v) is 3.31. The van der Waals surface area contributed by atoms with E-state index in [4.69, 9.17) is 5.73 Å². The largest absolute Gasteiger partial charge is 0.396 e. The van der Waals surface area contributed by atoms with Gasteiger partial charge in [-0.2, -0.15) is 0 Å². The molecule has 90 valence electrons. The molecule has 0 unspecified atom stereocenters. The van der Waals surface area contributed by atoms with E-state index in [2.05, 4.69) is 24.1 Å². The lowest BCUT2D eigenvalue weighted by Crippen LogP contribution is -2.32. The Morgan fingerprint density at radius 2 is 2.12 bits per heavy atom. The fourth-order valence-electron chi connectivity index (χ4n) is 1.62. The van der Waals surface area contributed by atoms with Crippen LogP contribution in [0.15, 0.2) is 18.3 Å². The van der Waals surface area contributed by atoms with E-state index < -0.39 is 0 Å². The van der Waals surface area contributed by atoms with Gasteiger partial charge in [-0.25, -0.2) is 4.98 Å². The summed E-state index contributed by atoms with van der Waals surface area (Å²) < 4.78 is 0. The summed E-state index contributed by atoms with van der Waals surface area (Å²) in [6.45, 7) is 5.05. The fraction of sp³-hybridized carbons (Fsp3) is 0.583. The molecule has 4 heteroatoms. The lowest BCUT2D eigenvalue weighted by Gasteiger charge is -2.29. The SMILES string of the molecule is CCC(CC)(CO)CNc1ncccc1N. The summed E-state index contributed by atoms with van der Waals surface area (Å²) in [5.41, 5.74) is 6.35. The van der Waals surface area contributed by atoms with E-state index in [9.17, 15) is 5.11 Å². The van der Waals surface area contributed by atoms with Crippen LogP contribution in [0.1, 0.15) is 26.7 Å². The van der Waals surface area contributed by atoms with Gasteiger partial charge < -0.3 is 16.2 Å². The number of rotatable bonds is 6. The zero-order valence-corrected chi connectivity index (χ0v) is 10.0. The van der Waals surface area contributed by atoms with Crippen molar-refractivity contribution in [3.63, 3.8) is 0 Å². The van der Waals surface area contributed by atoms with Crippen LogP contribution >= 0.6 is 0 Å². The minimum Gasteiger partial charge on any atom is -0.396 e. The molecular weight excluding hydrogens is 202 g/mol. The first kappa shape index (κ1) is 12.8. The van der Waals surface area contributed by atoms with E-state index >= 15 is 0 Å².